The molecule has 4 aromatic rings. The molecule has 5 nitrogen and oxygen atoms in total. The van der Waals surface area contributed by atoms with Crippen molar-refractivity contribution in [1.29, 1.82) is 0 Å². The molecule has 1 heterocycles. The van der Waals surface area contributed by atoms with E-state index in [1.165, 1.54) is 11.1 Å². The number of methoxy groups -OCH3 is 1. The van der Waals surface area contributed by atoms with Gasteiger partial charge in [0.2, 0.25) is 0 Å². The number of ether oxygens (including phenoxy) is 1. The molecule has 0 aliphatic carbocycles. The molecule has 0 fully saturated rings. The monoisotopic (exact) mass is 539 g/mol. The number of fused-ring (bicyclic) bond motifs is 1. The lowest BCUT2D eigenvalue weighted by atomic mass is 9.87. The molecule has 0 aliphatic rings. The van der Waals surface area contributed by atoms with Gasteiger partial charge in [0, 0.05) is 22.0 Å². The van der Waals surface area contributed by atoms with Crippen LogP contribution in [0.15, 0.2) is 82.2 Å². The maximum atomic E-state index is 14.0. The summed E-state index contributed by atoms with van der Waals surface area (Å²) in [7, 11) is -2.53. The van der Waals surface area contributed by atoms with Gasteiger partial charge >= 0.3 is 5.97 Å². The van der Waals surface area contributed by atoms with Crippen molar-refractivity contribution in [3.05, 3.63) is 99.7 Å². The lowest BCUT2D eigenvalue weighted by Crippen LogP contribution is -2.18. The molecule has 3 aromatic carbocycles. The van der Waals surface area contributed by atoms with Crippen LogP contribution in [0.2, 0.25) is 0 Å². The summed E-state index contributed by atoms with van der Waals surface area (Å²) in [4.78, 5) is 12.0. The van der Waals surface area contributed by atoms with Crippen molar-refractivity contribution in [3.63, 3.8) is 0 Å². The van der Waals surface area contributed by atoms with Crippen LogP contribution in [0.5, 0.6) is 0 Å². The normalized spacial score (nSPS) is 12.1. The molecule has 0 saturated heterocycles. The highest BCUT2D eigenvalue weighted by Gasteiger charge is 2.25. The predicted molar refractivity (Wildman–Crippen MR) is 138 cm³/mol. The first-order valence-electron chi connectivity index (χ1n) is 10.8. The van der Waals surface area contributed by atoms with Crippen LogP contribution in [0.4, 0.5) is 0 Å². The minimum Gasteiger partial charge on any atom is -0.465 e. The quantitative estimate of drug-likeness (QED) is 0.278. The second-order valence-corrected chi connectivity index (χ2v) is 12.0. The molecule has 0 radical (unpaired) electrons. The van der Waals surface area contributed by atoms with Crippen molar-refractivity contribution in [2.45, 2.75) is 37.5 Å². The van der Waals surface area contributed by atoms with E-state index in [1.807, 2.05) is 42.5 Å². The van der Waals surface area contributed by atoms with Crippen LogP contribution in [-0.2, 0) is 26.6 Å². The highest BCUT2D eigenvalue weighted by Crippen LogP contribution is 2.31. The van der Waals surface area contributed by atoms with Gasteiger partial charge in [0.05, 0.1) is 23.1 Å². The van der Waals surface area contributed by atoms with Gasteiger partial charge in [-0.1, -0.05) is 61.0 Å². The van der Waals surface area contributed by atoms with E-state index in [2.05, 4.69) is 36.7 Å². The molecule has 0 bridgehead atoms. The van der Waals surface area contributed by atoms with E-state index >= 15 is 0 Å². The largest absolute Gasteiger partial charge is 0.465 e. The van der Waals surface area contributed by atoms with Crippen molar-refractivity contribution in [3.8, 4) is 0 Å². The second kappa shape index (κ2) is 9.04. The Morgan fingerprint density at radius 2 is 1.68 bits per heavy atom. The van der Waals surface area contributed by atoms with Gasteiger partial charge in [0.1, 0.15) is 0 Å². The molecular weight excluding hydrogens is 514 g/mol. The van der Waals surface area contributed by atoms with Crippen molar-refractivity contribution >= 4 is 42.8 Å². The standard InChI is InChI=1S/C27H26BrNO4S/c1-27(2,3)21-6-5-7-24(17-21)34(31,32)29-23(16-20-15-22(28)12-13-25(20)29)14-18-8-10-19(11-9-18)26(30)33-4/h5-13,15-17H,14H2,1-4H3. The van der Waals surface area contributed by atoms with E-state index in [1.54, 1.807) is 30.3 Å². The second-order valence-electron chi connectivity index (χ2n) is 9.25. The highest BCUT2D eigenvalue weighted by molar-refractivity contribution is 9.10. The maximum Gasteiger partial charge on any atom is 0.337 e. The SMILES string of the molecule is COC(=O)c1ccc(Cc2cc3cc(Br)ccc3n2S(=O)(=O)c2cccc(C(C)(C)C)c2)cc1. The highest BCUT2D eigenvalue weighted by atomic mass is 79.9. The number of nitrogens with zero attached hydrogens (tertiary/aromatic N) is 1. The van der Waals surface area contributed by atoms with E-state index < -0.39 is 16.0 Å². The van der Waals surface area contributed by atoms with Gasteiger partial charge in [0.15, 0.2) is 0 Å². The zero-order valence-corrected chi connectivity index (χ0v) is 21.9. The minimum atomic E-state index is -3.87. The predicted octanol–water partition coefficient (Wildman–Crippen LogP) is 6.32. The number of hydrogen-bond acceptors (Lipinski definition) is 4. The molecule has 1 aromatic heterocycles. The topological polar surface area (TPSA) is 65.4 Å². The van der Waals surface area contributed by atoms with Gasteiger partial charge in [-0.15, -0.1) is 0 Å². The molecule has 7 heteroatoms. The lowest BCUT2D eigenvalue weighted by molar-refractivity contribution is 0.0600. The Kier molecular flexibility index (Phi) is 6.44. The zero-order valence-electron chi connectivity index (χ0n) is 19.5. The summed E-state index contributed by atoms with van der Waals surface area (Å²) < 4.78 is 35.0. The average molecular weight is 540 g/mol. The number of carbonyl (C=O) groups is 1. The number of aromatic nitrogens is 1. The van der Waals surface area contributed by atoms with Crippen molar-refractivity contribution < 1.29 is 17.9 Å². The summed E-state index contributed by atoms with van der Waals surface area (Å²) >= 11 is 3.49. The van der Waals surface area contributed by atoms with Gasteiger partial charge in [0.25, 0.3) is 10.0 Å². The Labute approximate surface area is 208 Å². The molecule has 0 unspecified atom stereocenters. The Bertz CT molecular complexity index is 1480. The third-order valence-corrected chi connectivity index (χ3v) is 8.04. The van der Waals surface area contributed by atoms with E-state index in [0.717, 1.165) is 21.0 Å². The van der Waals surface area contributed by atoms with E-state index in [0.29, 0.717) is 23.2 Å². The molecular formula is C27H26BrNO4S. The van der Waals surface area contributed by atoms with Crippen LogP contribution in [0.3, 0.4) is 0 Å². The Hall–Kier alpha value is -2.90. The molecule has 0 N–H and O–H groups in total. The summed E-state index contributed by atoms with van der Waals surface area (Å²) in [6.45, 7) is 6.18. The number of esters is 1. The van der Waals surface area contributed by atoms with Crippen LogP contribution >= 0.6 is 15.9 Å². The molecule has 0 amide bonds. The molecule has 34 heavy (non-hydrogen) atoms. The number of halogens is 1. The van der Waals surface area contributed by atoms with Gasteiger partial charge in [-0.05, 0) is 65.1 Å². The summed E-state index contributed by atoms with van der Waals surface area (Å²) in [6.07, 6.45) is 0.381. The van der Waals surface area contributed by atoms with Crippen LogP contribution in [0.25, 0.3) is 10.9 Å². The molecule has 4 rings (SSSR count). The number of benzene rings is 3. The lowest BCUT2D eigenvalue weighted by Gasteiger charge is -2.20. The molecule has 0 spiro atoms. The van der Waals surface area contributed by atoms with E-state index in [4.69, 9.17) is 4.74 Å². The van der Waals surface area contributed by atoms with Gasteiger partial charge in [-0.3, -0.25) is 0 Å². The fraction of sp³-hybridized carbons (Fsp3) is 0.222. The number of hydrogen-bond donors (Lipinski definition) is 0. The van der Waals surface area contributed by atoms with Gasteiger partial charge in [-0.25, -0.2) is 17.2 Å². The van der Waals surface area contributed by atoms with E-state index in [9.17, 15) is 13.2 Å². The zero-order chi connectivity index (χ0) is 24.7. The van der Waals surface area contributed by atoms with E-state index in [-0.39, 0.29) is 10.3 Å². The van der Waals surface area contributed by atoms with Crippen molar-refractivity contribution in [2.75, 3.05) is 7.11 Å². The van der Waals surface area contributed by atoms with Crippen LogP contribution in [-0.4, -0.2) is 25.5 Å². The fourth-order valence-corrected chi connectivity index (χ4v) is 5.91. The summed E-state index contributed by atoms with van der Waals surface area (Å²) in [6, 6.07) is 21.6. The van der Waals surface area contributed by atoms with Crippen LogP contribution in [0.1, 0.15) is 48.0 Å². The minimum absolute atomic E-state index is 0.181. The van der Waals surface area contributed by atoms with Crippen molar-refractivity contribution in [2.24, 2.45) is 0 Å². The number of rotatable bonds is 5. The Balaban J connectivity index is 1.85. The summed E-state index contributed by atoms with van der Waals surface area (Å²) in [5.41, 5.74) is 3.36. The smallest absolute Gasteiger partial charge is 0.337 e. The third kappa shape index (κ3) is 4.68. The van der Waals surface area contributed by atoms with Crippen LogP contribution in [0, 0.1) is 0 Å². The number of carbonyl (C=O) groups excluding carboxylic acids is 1. The first-order chi connectivity index (χ1) is 16.0. The Morgan fingerprint density at radius 3 is 2.32 bits per heavy atom. The fourth-order valence-electron chi connectivity index (χ4n) is 3.94. The Morgan fingerprint density at radius 1 is 0.971 bits per heavy atom. The van der Waals surface area contributed by atoms with Gasteiger partial charge in [-0.2, -0.15) is 0 Å². The summed E-state index contributed by atoms with van der Waals surface area (Å²) in [5.74, 6) is -0.410. The average Bonchev–Trinajstić information content (AvgIpc) is 3.16. The molecule has 0 atom stereocenters. The first-order valence-corrected chi connectivity index (χ1v) is 13.1. The summed E-state index contributed by atoms with van der Waals surface area (Å²) in [5, 5.41) is 0.825. The van der Waals surface area contributed by atoms with Gasteiger partial charge < -0.3 is 4.74 Å². The van der Waals surface area contributed by atoms with Crippen molar-refractivity contribution in [1.82, 2.24) is 3.97 Å². The third-order valence-electron chi connectivity index (χ3n) is 5.79. The van der Waals surface area contributed by atoms with Crippen LogP contribution < -0.4 is 0 Å². The molecule has 176 valence electrons. The molecule has 0 saturated carbocycles. The molecule has 0 aliphatic heterocycles. The maximum absolute atomic E-state index is 14.0. The first kappa shape index (κ1) is 24.2.